The van der Waals surface area contributed by atoms with Gasteiger partial charge in [0.05, 0.1) is 6.26 Å². The molecule has 0 radical (unpaired) electrons. The van der Waals surface area contributed by atoms with Crippen LogP contribution in [0.2, 0.25) is 0 Å². The molecule has 0 amide bonds. The van der Waals surface area contributed by atoms with Gasteiger partial charge in [-0.15, -0.1) is 0 Å². The molecule has 0 saturated carbocycles. The predicted octanol–water partition coefficient (Wildman–Crippen LogP) is 4.42. The molecule has 2 aromatic carbocycles. The molecule has 0 atom stereocenters. The molecule has 0 saturated heterocycles. The van der Waals surface area contributed by atoms with Crippen molar-refractivity contribution in [1.82, 2.24) is 0 Å². The number of aryl methyl sites for hydroxylation is 2. The number of aromatic hydroxyl groups is 1. The van der Waals surface area contributed by atoms with Crippen molar-refractivity contribution in [3.63, 3.8) is 0 Å². The van der Waals surface area contributed by atoms with Crippen LogP contribution in [0, 0.1) is 13.8 Å². The van der Waals surface area contributed by atoms with Gasteiger partial charge in [-0.05, 0) is 37.6 Å². The van der Waals surface area contributed by atoms with Crippen LogP contribution >= 0.6 is 0 Å². The SMILES string of the molecule is Cc1ccc(-c2coc3ccc(C)cc23)c(O)c1. The third-order valence-corrected chi connectivity index (χ3v) is 3.17. The van der Waals surface area contributed by atoms with Gasteiger partial charge in [0.25, 0.3) is 0 Å². The minimum absolute atomic E-state index is 0.291. The summed E-state index contributed by atoms with van der Waals surface area (Å²) in [7, 11) is 0. The Hall–Kier alpha value is -2.22. The normalized spacial score (nSPS) is 11.0. The highest BCUT2D eigenvalue weighted by atomic mass is 16.3. The number of rotatable bonds is 1. The molecule has 0 bridgehead atoms. The van der Waals surface area contributed by atoms with E-state index in [-0.39, 0.29) is 0 Å². The molecule has 0 fully saturated rings. The maximum Gasteiger partial charge on any atom is 0.134 e. The fraction of sp³-hybridized carbons (Fsp3) is 0.125. The lowest BCUT2D eigenvalue weighted by Crippen LogP contribution is -1.80. The Morgan fingerprint density at radius 2 is 1.61 bits per heavy atom. The highest BCUT2D eigenvalue weighted by Gasteiger charge is 2.11. The molecule has 0 aliphatic rings. The second-order valence-corrected chi connectivity index (χ2v) is 4.67. The maximum atomic E-state index is 10.1. The molecule has 0 spiro atoms. The van der Waals surface area contributed by atoms with Gasteiger partial charge in [0.2, 0.25) is 0 Å². The zero-order valence-corrected chi connectivity index (χ0v) is 10.4. The lowest BCUT2D eigenvalue weighted by Gasteiger charge is -2.04. The van der Waals surface area contributed by atoms with Crippen molar-refractivity contribution in [3.05, 3.63) is 53.8 Å². The summed E-state index contributed by atoms with van der Waals surface area (Å²) in [6, 6.07) is 11.7. The Morgan fingerprint density at radius 3 is 2.39 bits per heavy atom. The Kier molecular flexibility index (Phi) is 2.37. The summed E-state index contributed by atoms with van der Waals surface area (Å²) in [6.45, 7) is 4.01. The summed E-state index contributed by atoms with van der Waals surface area (Å²) in [6.07, 6.45) is 1.70. The second-order valence-electron chi connectivity index (χ2n) is 4.67. The van der Waals surface area contributed by atoms with Gasteiger partial charge in [0.15, 0.2) is 0 Å². The van der Waals surface area contributed by atoms with E-state index in [2.05, 4.69) is 6.07 Å². The molecular formula is C16H14O2. The van der Waals surface area contributed by atoms with Crippen LogP contribution in [0.25, 0.3) is 22.1 Å². The van der Waals surface area contributed by atoms with Crippen molar-refractivity contribution in [2.24, 2.45) is 0 Å². The largest absolute Gasteiger partial charge is 0.507 e. The number of benzene rings is 2. The number of phenolic OH excluding ortho intramolecular Hbond substituents is 1. The van der Waals surface area contributed by atoms with Gasteiger partial charge in [-0.1, -0.05) is 23.8 Å². The first kappa shape index (κ1) is 10.9. The van der Waals surface area contributed by atoms with E-state index in [1.807, 2.05) is 38.1 Å². The smallest absolute Gasteiger partial charge is 0.134 e. The van der Waals surface area contributed by atoms with Crippen LogP contribution in [0.15, 0.2) is 47.1 Å². The van der Waals surface area contributed by atoms with Crippen LogP contribution < -0.4 is 0 Å². The van der Waals surface area contributed by atoms with Gasteiger partial charge < -0.3 is 9.52 Å². The lowest BCUT2D eigenvalue weighted by molar-refractivity contribution is 0.477. The van der Waals surface area contributed by atoms with Gasteiger partial charge >= 0.3 is 0 Å². The second kappa shape index (κ2) is 3.91. The van der Waals surface area contributed by atoms with Crippen molar-refractivity contribution in [2.45, 2.75) is 13.8 Å². The van der Waals surface area contributed by atoms with Crippen molar-refractivity contribution < 1.29 is 9.52 Å². The number of fused-ring (bicyclic) bond motifs is 1. The van der Waals surface area contributed by atoms with E-state index in [4.69, 9.17) is 4.42 Å². The number of phenols is 1. The van der Waals surface area contributed by atoms with E-state index < -0.39 is 0 Å². The van der Waals surface area contributed by atoms with E-state index in [9.17, 15) is 5.11 Å². The average molecular weight is 238 g/mol. The summed E-state index contributed by atoms with van der Waals surface area (Å²) >= 11 is 0. The van der Waals surface area contributed by atoms with E-state index in [1.165, 1.54) is 5.56 Å². The van der Waals surface area contributed by atoms with E-state index in [1.54, 1.807) is 12.3 Å². The Labute approximate surface area is 105 Å². The first-order valence-electron chi connectivity index (χ1n) is 5.93. The average Bonchev–Trinajstić information content (AvgIpc) is 2.72. The molecule has 0 unspecified atom stereocenters. The van der Waals surface area contributed by atoms with Gasteiger partial charge in [0.1, 0.15) is 11.3 Å². The van der Waals surface area contributed by atoms with Gasteiger partial charge in [0, 0.05) is 16.5 Å². The highest BCUT2D eigenvalue weighted by molar-refractivity contribution is 5.95. The van der Waals surface area contributed by atoms with Crippen molar-refractivity contribution in [2.75, 3.05) is 0 Å². The Bertz CT molecular complexity index is 723. The summed E-state index contributed by atoms with van der Waals surface area (Å²) in [5.41, 5.74) is 4.81. The molecule has 2 nitrogen and oxygen atoms in total. The molecule has 1 heterocycles. The molecule has 1 aromatic heterocycles. The molecule has 3 rings (SSSR count). The number of hydrogen-bond acceptors (Lipinski definition) is 2. The zero-order valence-electron chi connectivity index (χ0n) is 10.4. The minimum Gasteiger partial charge on any atom is -0.507 e. The Balaban J connectivity index is 2.28. The van der Waals surface area contributed by atoms with E-state index in [0.29, 0.717) is 5.75 Å². The van der Waals surface area contributed by atoms with Crippen LogP contribution in [-0.4, -0.2) is 5.11 Å². The minimum atomic E-state index is 0.291. The summed E-state index contributed by atoms with van der Waals surface area (Å²) in [5.74, 6) is 0.291. The van der Waals surface area contributed by atoms with Crippen molar-refractivity contribution >= 4 is 11.0 Å². The summed E-state index contributed by atoms with van der Waals surface area (Å²) < 4.78 is 5.53. The first-order chi connectivity index (χ1) is 8.65. The van der Waals surface area contributed by atoms with Gasteiger partial charge in [-0.25, -0.2) is 0 Å². The molecule has 90 valence electrons. The van der Waals surface area contributed by atoms with Crippen LogP contribution in [0.1, 0.15) is 11.1 Å². The third-order valence-electron chi connectivity index (χ3n) is 3.17. The van der Waals surface area contributed by atoms with E-state index in [0.717, 1.165) is 27.7 Å². The van der Waals surface area contributed by atoms with Crippen LogP contribution in [-0.2, 0) is 0 Å². The predicted molar refractivity (Wildman–Crippen MR) is 72.8 cm³/mol. The van der Waals surface area contributed by atoms with Gasteiger partial charge in [-0.3, -0.25) is 0 Å². The topological polar surface area (TPSA) is 33.4 Å². The van der Waals surface area contributed by atoms with Crippen LogP contribution in [0.5, 0.6) is 5.75 Å². The molecule has 0 aliphatic carbocycles. The van der Waals surface area contributed by atoms with Crippen molar-refractivity contribution in [1.29, 1.82) is 0 Å². The molecule has 0 aliphatic heterocycles. The highest BCUT2D eigenvalue weighted by Crippen LogP contribution is 2.36. The number of furan rings is 1. The van der Waals surface area contributed by atoms with Crippen LogP contribution in [0.3, 0.4) is 0 Å². The zero-order chi connectivity index (χ0) is 12.7. The maximum absolute atomic E-state index is 10.1. The van der Waals surface area contributed by atoms with Crippen molar-refractivity contribution in [3.8, 4) is 16.9 Å². The molecule has 1 N–H and O–H groups in total. The lowest BCUT2D eigenvalue weighted by atomic mass is 10.0. The van der Waals surface area contributed by atoms with E-state index >= 15 is 0 Å². The number of hydrogen-bond donors (Lipinski definition) is 1. The summed E-state index contributed by atoms with van der Waals surface area (Å²) in [4.78, 5) is 0. The standard InChI is InChI=1S/C16H14O2/c1-10-4-6-16-13(7-10)14(9-18-16)12-5-3-11(2)8-15(12)17/h3-9,17H,1-2H3. The van der Waals surface area contributed by atoms with Crippen LogP contribution in [0.4, 0.5) is 0 Å². The molecular weight excluding hydrogens is 224 g/mol. The monoisotopic (exact) mass is 238 g/mol. The fourth-order valence-electron chi connectivity index (χ4n) is 2.22. The first-order valence-corrected chi connectivity index (χ1v) is 5.93. The molecule has 2 heteroatoms. The third kappa shape index (κ3) is 1.66. The Morgan fingerprint density at radius 1 is 0.889 bits per heavy atom. The summed E-state index contributed by atoms with van der Waals surface area (Å²) in [5, 5.41) is 11.1. The molecule has 3 aromatic rings. The molecule has 18 heavy (non-hydrogen) atoms. The fourth-order valence-corrected chi connectivity index (χ4v) is 2.22. The van der Waals surface area contributed by atoms with Gasteiger partial charge in [-0.2, -0.15) is 0 Å². The quantitative estimate of drug-likeness (QED) is 0.680.